The van der Waals surface area contributed by atoms with E-state index in [0.29, 0.717) is 15.7 Å². The van der Waals surface area contributed by atoms with Crippen LogP contribution in [0.15, 0.2) is 42.5 Å². The van der Waals surface area contributed by atoms with Gasteiger partial charge in [-0.3, -0.25) is 0 Å². The summed E-state index contributed by atoms with van der Waals surface area (Å²) in [4.78, 5) is 0. The number of halogens is 2. The molecule has 0 radical (unpaired) electrons. The summed E-state index contributed by atoms with van der Waals surface area (Å²) in [5, 5.41) is 4.43. The van der Waals surface area contributed by atoms with E-state index in [-0.39, 0.29) is 0 Å². The third kappa shape index (κ3) is 2.60. The third-order valence-corrected chi connectivity index (χ3v) is 2.64. The van der Waals surface area contributed by atoms with E-state index in [4.69, 9.17) is 28.9 Å². The van der Waals surface area contributed by atoms with Crippen molar-refractivity contribution >= 4 is 40.3 Å². The van der Waals surface area contributed by atoms with Crippen molar-refractivity contribution in [1.82, 2.24) is 0 Å². The molecule has 0 bridgehead atoms. The van der Waals surface area contributed by atoms with Crippen LogP contribution in [0.25, 0.3) is 0 Å². The largest absolute Gasteiger partial charge is 0.399 e. The Labute approximate surface area is 104 Å². The molecule has 0 saturated heterocycles. The number of nitrogen functional groups attached to an aromatic ring is 1. The van der Waals surface area contributed by atoms with Crippen LogP contribution < -0.4 is 11.1 Å². The second kappa shape index (κ2) is 4.64. The molecule has 0 saturated carbocycles. The Kier molecular flexibility index (Phi) is 3.22. The lowest BCUT2D eigenvalue weighted by atomic mass is 10.2. The SMILES string of the molecule is Nc1ccc(Nc2cccc(Cl)c2)c(Cl)c1. The number of rotatable bonds is 2. The maximum absolute atomic E-state index is 6.04. The number of hydrogen-bond acceptors (Lipinski definition) is 2. The molecule has 16 heavy (non-hydrogen) atoms. The molecule has 0 aliphatic carbocycles. The first-order valence-corrected chi connectivity index (χ1v) is 5.48. The molecule has 4 heteroatoms. The fraction of sp³-hybridized carbons (Fsp3) is 0. The first-order valence-electron chi connectivity index (χ1n) is 4.73. The summed E-state index contributed by atoms with van der Waals surface area (Å²) in [6, 6.07) is 12.8. The van der Waals surface area contributed by atoms with Crippen molar-refractivity contribution in [2.45, 2.75) is 0 Å². The van der Waals surface area contributed by atoms with Crippen LogP contribution in [0.5, 0.6) is 0 Å². The first-order chi connectivity index (χ1) is 7.65. The molecule has 0 aromatic heterocycles. The molecule has 0 amide bonds. The number of benzene rings is 2. The normalized spacial score (nSPS) is 10.1. The molecule has 3 N–H and O–H groups in total. The van der Waals surface area contributed by atoms with Gasteiger partial charge in [0.05, 0.1) is 10.7 Å². The Balaban J connectivity index is 2.27. The molecule has 2 aromatic rings. The maximum Gasteiger partial charge on any atom is 0.0661 e. The van der Waals surface area contributed by atoms with E-state index in [1.807, 2.05) is 30.3 Å². The Hall–Kier alpha value is -1.38. The average molecular weight is 253 g/mol. The van der Waals surface area contributed by atoms with Gasteiger partial charge in [0.25, 0.3) is 0 Å². The van der Waals surface area contributed by atoms with Crippen LogP contribution in [-0.2, 0) is 0 Å². The van der Waals surface area contributed by atoms with E-state index >= 15 is 0 Å². The first kappa shape index (κ1) is 11.1. The summed E-state index contributed by atoms with van der Waals surface area (Å²) >= 11 is 11.9. The summed E-state index contributed by atoms with van der Waals surface area (Å²) in [6.45, 7) is 0. The predicted molar refractivity (Wildman–Crippen MR) is 70.6 cm³/mol. The number of nitrogens with two attached hydrogens (primary N) is 1. The zero-order valence-corrected chi connectivity index (χ0v) is 9.89. The number of hydrogen-bond donors (Lipinski definition) is 2. The molecule has 0 aliphatic heterocycles. The van der Waals surface area contributed by atoms with Crippen LogP contribution in [0, 0.1) is 0 Å². The van der Waals surface area contributed by atoms with Crippen molar-refractivity contribution in [3.63, 3.8) is 0 Å². The molecule has 2 aromatic carbocycles. The zero-order valence-electron chi connectivity index (χ0n) is 8.37. The minimum atomic E-state index is 0.583. The average Bonchev–Trinajstić information content (AvgIpc) is 2.22. The van der Waals surface area contributed by atoms with Crippen molar-refractivity contribution in [2.24, 2.45) is 0 Å². The van der Waals surface area contributed by atoms with Gasteiger partial charge in [0.1, 0.15) is 0 Å². The molecular formula is C12H10Cl2N2. The standard InChI is InChI=1S/C12H10Cl2N2/c13-8-2-1-3-10(6-8)16-12-5-4-9(15)7-11(12)14/h1-7,16H,15H2. The summed E-state index contributed by atoms with van der Waals surface area (Å²) < 4.78 is 0. The lowest BCUT2D eigenvalue weighted by Gasteiger charge is -2.09. The topological polar surface area (TPSA) is 38.0 Å². The second-order valence-electron chi connectivity index (χ2n) is 3.37. The highest BCUT2D eigenvalue weighted by Gasteiger charge is 2.01. The van der Waals surface area contributed by atoms with E-state index < -0.39 is 0 Å². The minimum absolute atomic E-state index is 0.583. The van der Waals surface area contributed by atoms with Gasteiger partial charge in [-0.2, -0.15) is 0 Å². The molecule has 2 rings (SSSR count). The monoisotopic (exact) mass is 252 g/mol. The third-order valence-electron chi connectivity index (χ3n) is 2.10. The lowest BCUT2D eigenvalue weighted by molar-refractivity contribution is 1.55. The van der Waals surface area contributed by atoms with Crippen LogP contribution in [0.4, 0.5) is 17.1 Å². The van der Waals surface area contributed by atoms with Gasteiger partial charge in [0.2, 0.25) is 0 Å². The highest BCUT2D eigenvalue weighted by atomic mass is 35.5. The van der Waals surface area contributed by atoms with Crippen molar-refractivity contribution in [3.05, 3.63) is 52.5 Å². The number of nitrogens with one attached hydrogen (secondary N) is 1. The lowest BCUT2D eigenvalue weighted by Crippen LogP contribution is -1.92. The van der Waals surface area contributed by atoms with Gasteiger partial charge < -0.3 is 11.1 Å². The highest BCUT2D eigenvalue weighted by Crippen LogP contribution is 2.28. The molecule has 0 atom stereocenters. The van der Waals surface area contributed by atoms with Crippen molar-refractivity contribution in [3.8, 4) is 0 Å². The van der Waals surface area contributed by atoms with Gasteiger partial charge >= 0.3 is 0 Å². The van der Waals surface area contributed by atoms with Crippen LogP contribution >= 0.6 is 23.2 Å². The fourth-order valence-electron chi connectivity index (χ4n) is 1.35. The summed E-state index contributed by atoms with van der Waals surface area (Å²) in [6.07, 6.45) is 0. The van der Waals surface area contributed by atoms with Gasteiger partial charge in [0.15, 0.2) is 0 Å². The quantitative estimate of drug-likeness (QED) is 0.782. The van der Waals surface area contributed by atoms with Gasteiger partial charge in [-0.05, 0) is 36.4 Å². The smallest absolute Gasteiger partial charge is 0.0661 e. The summed E-state index contributed by atoms with van der Waals surface area (Å²) in [5.41, 5.74) is 7.94. The zero-order chi connectivity index (χ0) is 11.5. The van der Waals surface area contributed by atoms with Crippen molar-refractivity contribution < 1.29 is 0 Å². The van der Waals surface area contributed by atoms with E-state index in [1.54, 1.807) is 12.1 Å². The van der Waals surface area contributed by atoms with E-state index in [2.05, 4.69) is 5.32 Å². The van der Waals surface area contributed by atoms with Crippen LogP contribution in [0.3, 0.4) is 0 Å². The van der Waals surface area contributed by atoms with Crippen molar-refractivity contribution in [1.29, 1.82) is 0 Å². The van der Waals surface area contributed by atoms with Gasteiger partial charge in [-0.15, -0.1) is 0 Å². The molecule has 0 heterocycles. The molecule has 0 unspecified atom stereocenters. The Bertz CT molecular complexity index is 512. The Morgan fingerprint density at radius 3 is 2.50 bits per heavy atom. The molecule has 0 spiro atoms. The van der Waals surface area contributed by atoms with E-state index in [9.17, 15) is 0 Å². The fourth-order valence-corrected chi connectivity index (χ4v) is 1.78. The van der Waals surface area contributed by atoms with E-state index in [0.717, 1.165) is 11.4 Å². The summed E-state index contributed by atoms with van der Waals surface area (Å²) in [7, 11) is 0. The predicted octanol–water partition coefficient (Wildman–Crippen LogP) is 4.32. The van der Waals surface area contributed by atoms with Crippen LogP contribution in [0.1, 0.15) is 0 Å². The molecule has 0 aliphatic rings. The van der Waals surface area contributed by atoms with Gasteiger partial charge in [-0.1, -0.05) is 29.3 Å². The minimum Gasteiger partial charge on any atom is -0.399 e. The van der Waals surface area contributed by atoms with Crippen LogP contribution in [0.2, 0.25) is 10.0 Å². The Morgan fingerprint density at radius 1 is 1.00 bits per heavy atom. The van der Waals surface area contributed by atoms with Crippen LogP contribution in [-0.4, -0.2) is 0 Å². The highest BCUT2D eigenvalue weighted by molar-refractivity contribution is 6.33. The van der Waals surface area contributed by atoms with Gasteiger partial charge in [-0.25, -0.2) is 0 Å². The van der Waals surface area contributed by atoms with E-state index in [1.165, 1.54) is 0 Å². The molecular weight excluding hydrogens is 243 g/mol. The Morgan fingerprint density at radius 2 is 1.81 bits per heavy atom. The molecule has 2 nitrogen and oxygen atoms in total. The molecule has 82 valence electrons. The summed E-state index contributed by atoms with van der Waals surface area (Å²) in [5.74, 6) is 0. The van der Waals surface area contributed by atoms with Crippen molar-refractivity contribution in [2.75, 3.05) is 11.1 Å². The molecule has 0 fully saturated rings. The second-order valence-corrected chi connectivity index (χ2v) is 4.22. The maximum atomic E-state index is 6.04. The number of anilines is 3. The van der Waals surface area contributed by atoms with Gasteiger partial charge in [0, 0.05) is 16.4 Å².